The highest BCUT2D eigenvalue weighted by Crippen LogP contribution is 2.27. The first-order valence-electron chi connectivity index (χ1n) is 12.5. The third-order valence-corrected chi connectivity index (χ3v) is 7.11. The number of likely N-dealkylation sites (tertiary alicyclic amines) is 2. The summed E-state index contributed by atoms with van der Waals surface area (Å²) in [5, 5.41) is 3.57. The van der Waals surface area contributed by atoms with Gasteiger partial charge in [0.25, 0.3) is 0 Å². The van der Waals surface area contributed by atoms with Crippen LogP contribution in [0.2, 0.25) is 0 Å². The van der Waals surface area contributed by atoms with E-state index in [9.17, 15) is 0 Å². The summed E-state index contributed by atoms with van der Waals surface area (Å²) in [5.41, 5.74) is 1.33. The smallest absolute Gasteiger partial charge is 0.194 e. The van der Waals surface area contributed by atoms with Gasteiger partial charge >= 0.3 is 0 Å². The van der Waals surface area contributed by atoms with E-state index in [0.717, 1.165) is 77.3 Å². The molecule has 186 valence electrons. The number of nitrogens with one attached hydrogen (secondary N) is 1. The zero-order valence-electron chi connectivity index (χ0n) is 20.4. The molecule has 4 rings (SSSR count). The van der Waals surface area contributed by atoms with E-state index in [-0.39, 0.29) is 24.0 Å². The summed E-state index contributed by atoms with van der Waals surface area (Å²) >= 11 is 0. The second-order valence-corrected chi connectivity index (χ2v) is 9.12. The van der Waals surface area contributed by atoms with Crippen molar-refractivity contribution in [3.05, 3.63) is 29.8 Å². The fourth-order valence-corrected chi connectivity index (χ4v) is 5.26. The Kier molecular flexibility index (Phi) is 11.0. The molecule has 3 aliphatic rings. The lowest BCUT2D eigenvalue weighted by Crippen LogP contribution is -2.47. The van der Waals surface area contributed by atoms with Crippen molar-refractivity contribution in [3.63, 3.8) is 0 Å². The van der Waals surface area contributed by atoms with Crippen LogP contribution < -0.4 is 10.1 Å². The molecule has 1 aromatic carbocycles. The molecule has 3 aliphatic heterocycles. The highest BCUT2D eigenvalue weighted by Gasteiger charge is 2.30. The minimum atomic E-state index is 0. The van der Waals surface area contributed by atoms with Crippen molar-refractivity contribution in [3.8, 4) is 5.75 Å². The van der Waals surface area contributed by atoms with Crippen molar-refractivity contribution in [1.82, 2.24) is 20.0 Å². The Labute approximate surface area is 216 Å². The predicted octanol–water partition coefficient (Wildman–Crippen LogP) is 3.21. The molecule has 1 N–H and O–H groups in total. The van der Waals surface area contributed by atoms with E-state index in [1.54, 1.807) is 7.11 Å². The highest BCUT2D eigenvalue weighted by atomic mass is 127. The number of piperidine rings is 1. The van der Waals surface area contributed by atoms with Crippen molar-refractivity contribution >= 4 is 29.9 Å². The van der Waals surface area contributed by atoms with E-state index in [1.165, 1.54) is 31.2 Å². The van der Waals surface area contributed by atoms with Gasteiger partial charge in [-0.2, -0.15) is 0 Å². The fraction of sp³-hybridized carbons (Fsp3) is 0.720. The number of hydrogen-bond donors (Lipinski definition) is 1. The molecule has 0 aliphatic carbocycles. The average Bonchev–Trinajstić information content (AvgIpc) is 3.35. The molecular formula is C25H42IN5O2. The maximum Gasteiger partial charge on any atom is 0.194 e. The van der Waals surface area contributed by atoms with Gasteiger partial charge in [-0.25, -0.2) is 0 Å². The SMILES string of the molecule is CCNC(=NCC(c1ccc(OC)cc1)N1CCCCC1)N1CCC(N2CCOCC2)C1.I. The van der Waals surface area contributed by atoms with Gasteiger partial charge in [0.05, 0.1) is 32.9 Å². The normalized spacial score (nSPS) is 23.8. The number of halogens is 1. The minimum absolute atomic E-state index is 0. The standard InChI is InChI=1S/C25H41N5O2.HI/c1-3-26-25(30-14-11-22(20-30)28-15-17-32-18-16-28)27-19-24(29-12-5-4-6-13-29)21-7-9-23(31-2)10-8-21;/h7-10,22,24H,3-6,11-20H2,1-2H3,(H,26,27);1H. The van der Waals surface area contributed by atoms with Crippen LogP contribution in [0.5, 0.6) is 5.75 Å². The predicted molar refractivity (Wildman–Crippen MR) is 145 cm³/mol. The van der Waals surface area contributed by atoms with Crippen molar-refractivity contribution < 1.29 is 9.47 Å². The van der Waals surface area contributed by atoms with Crippen molar-refractivity contribution in [2.75, 3.05) is 72.7 Å². The van der Waals surface area contributed by atoms with Gasteiger partial charge in [0.2, 0.25) is 0 Å². The summed E-state index contributed by atoms with van der Waals surface area (Å²) in [6, 6.07) is 9.51. The average molecular weight is 572 g/mol. The molecule has 0 bridgehead atoms. The van der Waals surface area contributed by atoms with Crippen LogP contribution in [0.15, 0.2) is 29.3 Å². The second kappa shape index (κ2) is 13.7. The fourth-order valence-electron chi connectivity index (χ4n) is 5.26. The third-order valence-electron chi connectivity index (χ3n) is 7.11. The van der Waals surface area contributed by atoms with Gasteiger partial charge in [-0.3, -0.25) is 14.8 Å². The second-order valence-electron chi connectivity index (χ2n) is 9.12. The molecule has 3 saturated heterocycles. The number of hydrogen-bond acceptors (Lipinski definition) is 5. The lowest BCUT2D eigenvalue weighted by molar-refractivity contribution is 0.0195. The molecule has 2 unspecified atom stereocenters. The zero-order chi connectivity index (χ0) is 22.2. The molecular weight excluding hydrogens is 529 g/mol. The summed E-state index contributed by atoms with van der Waals surface area (Å²) in [4.78, 5) is 12.9. The van der Waals surface area contributed by atoms with Gasteiger partial charge < -0.3 is 19.7 Å². The van der Waals surface area contributed by atoms with Gasteiger partial charge in [-0.1, -0.05) is 18.6 Å². The zero-order valence-corrected chi connectivity index (χ0v) is 22.7. The van der Waals surface area contributed by atoms with Gasteiger partial charge in [0.1, 0.15) is 5.75 Å². The monoisotopic (exact) mass is 571 g/mol. The van der Waals surface area contributed by atoms with Crippen LogP contribution in [0.25, 0.3) is 0 Å². The summed E-state index contributed by atoms with van der Waals surface area (Å²) in [5.74, 6) is 1.98. The molecule has 3 heterocycles. The largest absolute Gasteiger partial charge is 0.497 e. The molecule has 0 radical (unpaired) electrons. The minimum Gasteiger partial charge on any atom is -0.497 e. The topological polar surface area (TPSA) is 52.6 Å². The Morgan fingerprint density at radius 1 is 1.09 bits per heavy atom. The van der Waals surface area contributed by atoms with Crippen LogP contribution in [-0.2, 0) is 4.74 Å². The third kappa shape index (κ3) is 7.19. The lowest BCUT2D eigenvalue weighted by Gasteiger charge is -2.34. The molecule has 1 aromatic rings. The summed E-state index contributed by atoms with van der Waals surface area (Å²) in [6.45, 7) is 12.1. The van der Waals surface area contributed by atoms with Gasteiger partial charge in [-0.05, 0) is 57.0 Å². The van der Waals surface area contributed by atoms with Crippen LogP contribution >= 0.6 is 24.0 Å². The maximum absolute atomic E-state index is 5.55. The van der Waals surface area contributed by atoms with E-state index in [2.05, 4.69) is 51.2 Å². The Bertz CT molecular complexity index is 720. The quantitative estimate of drug-likeness (QED) is 0.308. The first-order chi connectivity index (χ1) is 15.8. The van der Waals surface area contributed by atoms with Gasteiger partial charge in [-0.15, -0.1) is 24.0 Å². The number of nitrogens with zero attached hydrogens (tertiary/aromatic N) is 4. The maximum atomic E-state index is 5.55. The number of morpholine rings is 1. The summed E-state index contributed by atoms with van der Waals surface area (Å²) in [7, 11) is 1.73. The molecule has 33 heavy (non-hydrogen) atoms. The summed E-state index contributed by atoms with van der Waals surface area (Å²) < 4.78 is 10.9. The number of ether oxygens (including phenoxy) is 2. The molecule has 3 fully saturated rings. The van der Waals surface area contributed by atoms with Crippen LogP contribution in [0.3, 0.4) is 0 Å². The Hall–Kier alpha value is -1.10. The Morgan fingerprint density at radius 3 is 2.48 bits per heavy atom. The Balaban J connectivity index is 0.00000306. The van der Waals surface area contributed by atoms with Crippen LogP contribution in [0.4, 0.5) is 0 Å². The lowest BCUT2D eigenvalue weighted by atomic mass is 10.0. The van der Waals surface area contributed by atoms with E-state index >= 15 is 0 Å². The molecule has 0 saturated carbocycles. The summed E-state index contributed by atoms with van der Waals surface area (Å²) in [6.07, 6.45) is 5.11. The molecule has 0 amide bonds. The first kappa shape index (κ1) is 26.5. The van der Waals surface area contributed by atoms with E-state index in [0.29, 0.717) is 12.1 Å². The van der Waals surface area contributed by atoms with Crippen molar-refractivity contribution in [2.45, 2.75) is 44.7 Å². The van der Waals surface area contributed by atoms with Gasteiger partial charge in [0.15, 0.2) is 5.96 Å². The van der Waals surface area contributed by atoms with E-state index < -0.39 is 0 Å². The number of benzene rings is 1. The molecule has 8 heteroatoms. The first-order valence-corrected chi connectivity index (χ1v) is 12.5. The number of methoxy groups -OCH3 is 1. The van der Waals surface area contributed by atoms with E-state index in [1.807, 2.05) is 0 Å². The van der Waals surface area contributed by atoms with E-state index in [4.69, 9.17) is 14.5 Å². The number of rotatable bonds is 7. The van der Waals surface area contributed by atoms with Crippen molar-refractivity contribution in [1.29, 1.82) is 0 Å². The molecule has 2 atom stereocenters. The van der Waals surface area contributed by atoms with Crippen molar-refractivity contribution in [2.24, 2.45) is 4.99 Å². The molecule has 7 nitrogen and oxygen atoms in total. The van der Waals surface area contributed by atoms with Crippen LogP contribution in [0, 0.1) is 0 Å². The highest BCUT2D eigenvalue weighted by molar-refractivity contribution is 14.0. The van der Waals surface area contributed by atoms with Crippen LogP contribution in [-0.4, -0.2) is 99.4 Å². The van der Waals surface area contributed by atoms with Gasteiger partial charge in [0, 0.05) is 38.8 Å². The molecule has 0 aromatic heterocycles. The Morgan fingerprint density at radius 2 is 1.82 bits per heavy atom. The van der Waals surface area contributed by atoms with Crippen LogP contribution in [0.1, 0.15) is 44.2 Å². The number of aliphatic imine (C=N–C) groups is 1. The molecule has 0 spiro atoms. The number of guanidine groups is 1.